The highest BCUT2D eigenvalue weighted by Crippen LogP contribution is 2.25. The van der Waals surface area contributed by atoms with Crippen molar-refractivity contribution in [3.63, 3.8) is 0 Å². The number of H-pyrrole nitrogens is 2. The van der Waals surface area contributed by atoms with Crippen molar-refractivity contribution >= 4 is 75.7 Å². The molecule has 23 heteroatoms. The molecule has 0 fully saturated rings. The highest BCUT2D eigenvalue weighted by atomic mass is 35.5. The average Bonchev–Trinajstić information content (AvgIpc) is 3.78. The molecule has 7 aromatic rings. The number of rotatable bonds is 3. The maximum atomic E-state index is 13.5. The lowest BCUT2D eigenvalue weighted by molar-refractivity contribution is 0.112. The van der Waals surface area contributed by atoms with Crippen LogP contribution in [0.4, 0.5) is 8.78 Å². The van der Waals surface area contributed by atoms with Gasteiger partial charge in [0.25, 0.3) is 0 Å². The molecule has 0 bridgehead atoms. The van der Waals surface area contributed by atoms with Crippen molar-refractivity contribution in [3.8, 4) is 11.3 Å². The summed E-state index contributed by atoms with van der Waals surface area (Å²) < 4.78 is 25.9. The Labute approximate surface area is 282 Å². The Morgan fingerprint density at radius 2 is 1.23 bits per heavy atom. The Morgan fingerprint density at radius 1 is 0.708 bits per heavy atom. The molecule has 0 saturated heterocycles. The zero-order chi connectivity index (χ0) is 35.1. The Hall–Kier alpha value is -5.22. The third-order valence-corrected chi connectivity index (χ3v) is 6.34. The van der Waals surface area contributed by atoms with Gasteiger partial charge in [-0.2, -0.15) is 19.0 Å². The molecule has 0 atom stereocenters. The van der Waals surface area contributed by atoms with Gasteiger partial charge < -0.3 is 10.0 Å². The summed E-state index contributed by atoms with van der Waals surface area (Å²) in [7, 11) is -1.78. The number of carbonyl (C=O) groups is 1. The second kappa shape index (κ2) is 18.8. The summed E-state index contributed by atoms with van der Waals surface area (Å²) in [6, 6.07) is 5.97. The van der Waals surface area contributed by atoms with E-state index in [2.05, 4.69) is 72.0 Å². The SMILES string of the molecule is Clc1ncnc2[nH]ncc12.Fc1ncccc1-c1ncnc2[nH]ncc12.NN.O=Cc1c(Cl)ncnc1Cl.OB(O)c1cccnc1F. The van der Waals surface area contributed by atoms with Crippen molar-refractivity contribution in [2.24, 2.45) is 11.7 Å². The molecule has 7 rings (SSSR count). The minimum Gasteiger partial charge on any atom is -0.423 e. The fourth-order valence-corrected chi connectivity index (χ4v) is 3.91. The number of fused-ring (bicyclic) bond motifs is 2. The molecule has 0 spiro atoms. The van der Waals surface area contributed by atoms with Gasteiger partial charge in [0.2, 0.25) is 11.9 Å². The van der Waals surface area contributed by atoms with E-state index in [9.17, 15) is 13.6 Å². The number of aldehydes is 1. The zero-order valence-corrected chi connectivity index (χ0v) is 26.1. The summed E-state index contributed by atoms with van der Waals surface area (Å²) in [4.78, 5) is 39.8. The van der Waals surface area contributed by atoms with Crippen molar-refractivity contribution in [2.75, 3.05) is 0 Å². The van der Waals surface area contributed by atoms with E-state index in [1.807, 2.05) is 0 Å². The fourth-order valence-electron chi connectivity index (χ4n) is 3.32. The number of carbonyl (C=O) groups excluding carboxylic acids is 1. The lowest BCUT2D eigenvalue weighted by Crippen LogP contribution is -2.33. The van der Waals surface area contributed by atoms with Crippen LogP contribution in [0.1, 0.15) is 10.4 Å². The van der Waals surface area contributed by atoms with Crippen LogP contribution in [0.25, 0.3) is 33.3 Å². The lowest BCUT2D eigenvalue weighted by atomic mass is 9.81. The molecule has 48 heavy (non-hydrogen) atoms. The van der Waals surface area contributed by atoms with Gasteiger partial charge in [0.05, 0.1) is 40.0 Å². The van der Waals surface area contributed by atoms with Gasteiger partial charge in [-0.15, -0.1) is 0 Å². The maximum Gasteiger partial charge on any atom is 0.493 e. The number of halogens is 5. The molecule has 0 aliphatic carbocycles. The second-order valence-electron chi connectivity index (χ2n) is 8.24. The zero-order valence-electron chi connectivity index (χ0n) is 23.8. The number of aromatic nitrogens is 12. The first-order valence-corrected chi connectivity index (χ1v) is 13.8. The molecule has 7 aromatic heterocycles. The molecular weight excluding hydrogens is 700 g/mol. The number of nitrogens with two attached hydrogens (primary N) is 2. The number of pyridine rings is 2. The van der Waals surface area contributed by atoms with Crippen LogP contribution in [-0.4, -0.2) is 83.7 Å². The van der Waals surface area contributed by atoms with E-state index >= 15 is 0 Å². The molecule has 7 heterocycles. The molecule has 0 saturated carbocycles. The van der Waals surface area contributed by atoms with Crippen molar-refractivity contribution in [1.82, 2.24) is 60.3 Å². The summed E-state index contributed by atoms with van der Waals surface area (Å²) in [5.41, 5.74) is 2.00. The van der Waals surface area contributed by atoms with Gasteiger partial charge in [-0.1, -0.05) is 40.9 Å². The van der Waals surface area contributed by atoms with Gasteiger partial charge in [-0.25, -0.2) is 39.9 Å². The van der Waals surface area contributed by atoms with Crippen LogP contribution >= 0.6 is 34.8 Å². The first-order chi connectivity index (χ1) is 23.2. The summed E-state index contributed by atoms with van der Waals surface area (Å²) in [5, 5.41) is 32.0. The third-order valence-electron chi connectivity index (χ3n) is 5.43. The number of hydrazine groups is 1. The van der Waals surface area contributed by atoms with Crippen molar-refractivity contribution < 1.29 is 23.6 Å². The molecule has 0 aliphatic rings. The quantitative estimate of drug-likeness (QED) is 0.0380. The van der Waals surface area contributed by atoms with E-state index in [4.69, 9.17) is 44.9 Å². The normalized spacial score (nSPS) is 9.85. The van der Waals surface area contributed by atoms with Crippen LogP contribution in [-0.2, 0) is 0 Å². The number of hydrogen-bond acceptors (Lipinski definition) is 15. The van der Waals surface area contributed by atoms with E-state index in [0.29, 0.717) is 39.4 Å². The van der Waals surface area contributed by atoms with Crippen LogP contribution in [0, 0.1) is 11.9 Å². The van der Waals surface area contributed by atoms with E-state index in [-0.39, 0.29) is 21.3 Å². The van der Waals surface area contributed by atoms with Gasteiger partial charge in [0, 0.05) is 17.9 Å². The van der Waals surface area contributed by atoms with Crippen LogP contribution < -0.4 is 17.1 Å². The lowest BCUT2D eigenvalue weighted by Gasteiger charge is -2.01. The van der Waals surface area contributed by atoms with E-state index in [1.54, 1.807) is 24.5 Å². The Morgan fingerprint density at radius 3 is 1.75 bits per heavy atom. The molecule has 17 nitrogen and oxygen atoms in total. The van der Waals surface area contributed by atoms with E-state index < -0.39 is 19.0 Å². The molecule has 0 amide bonds. The van der Waals surface area contributed by atoms with Crippen LogP contribution in [0.5, 0.6) is 0 Å². The largest absolute Gasteiger partial charge is 0.493 e. The van der Waals surface area contributed by atoms with E-state index in [1.165, 1.54) is 43.5 Å². The molecular formula is C25H20BCl3F2N14O3. The minimum absolute atomic E-state index is 0.0787. The number of hydrogen-bond donors (Lipinski definition) is 6. The first kappa shape index (κ1) is 37.2. The molecule has 0 radical (unpaired) electrons. The van der Waals surface area contributed by atoms with Crippen molar-refractivity contribution in [1.29, 1.82) is 0 Å². The second-order valence-corrected chi connectivity index (χ2v) is 9.31. The molecule has 0 aliphatic heterocycles. The molecule has 246 valence electrons. The Kier molecular flexibility index (Phi) is 14.6. The summed E-state index contributed by atoms with van der Waals surface area (Å²) in [6.45, 7) is 0. The van der Waals surface area contributed by atoms with Gasteiger partial charge in [0.1, 0.15) is 34.4 Å². The van der Waals surface area contributed by atoms with Crippen molar-refractivity contribution in [3.05, 3.63) is 101 Å². The predicted octanol–water partition coefficient (Wildman–Crippen LogP) is 1.88. The van der Waals surface area contributed by atoms with Gasteiger partial charge in [-0.3, -0.25) is 26.7 Å². The first-order valence-electron chi connectivity index (χ1n) is 12.7. The van der Waals surface area contributed by atoms with Crippen LogP contribution in [0.2, 0.25) is 15.5 Å². The minimum atomic E-state index is -1.78. The fraction of sp³-hybridized carbons (Fsp3) is 0. The Balaban J connectivity index is 0.000000175. The average molecular weight is 720 g/mol. The van der Waals surface area contributed by atoms with Gasteiger partial charge >= 0.3 is 7.12 Å². The van der Waals surface area contributed by atoms with E-state index in [0.717, 1.165) is 5.39 Å². The standard InChI is InChI=1S/C10H6FN5.C5H5BFNO2.C5H2Cl2N2O.C5H3ClN4.H4N2/c11-9-6(2-1-3-12-9)8-7-4-15-16-10(7)14-5-13-8;7-5-4(6(9)10)2-1-3-8-5;6-4-3(1-10)5(7)9-2-8-4;6-4-3-1-9-10-5(3)8-2-7-4;1-2/h1-5H,(H,13,14,15,16);1-3,9-10H;1-2H;1-2H,(H,7,8,9,10);1-2H2. The van der Waals surface area contributed by atoms with Crippen LogP contribution in [0.3, 0.4) is 0 Å². The number of nitrogens with one attached hydrogen (secondary N) is 2. The van der Waals surface area contributed by atoms with Gasteiger partial charge in [-0.05, 0) is 18.2 Å². The number of nitrogens with zero attached hydrogens (tertiary/aromatic N) is 10. The van der Waals surface area contributed by atoms with Crippen LogP contribution in [0.15, 0.2) is 68.0 Å². The molecule has 0 unspecified atom stereocenters. The summed E-state index contributed by atoms with van der Waals surface area (Å²) >= 11 is 16.6. The van der Waals surface area contributed by atoms with Gasteiger partial charge in [0.15, 0.2) is 17.6 Å². The topological polar surface area (TPSA) is 270 Å². The monoisotopic (exact) mass is 718 g/mol. The Bertz CT molecular complexity index is 2060. The molecule has 0 aromatic carbocycles. The highest BCUT2D eigenvalue weighted by molar-refractivity contribution is 6.58. The summed E-state index contributed by atoms with van der Waals surface area (Å²) in [5.74, 6) is 6.60. The van der Waals surface area contributed by atoms with Crippen molar-refractivity contribution in [2.45, 2.75) is 0 Å². The number of aromatic amines is 2. The smallest absolute Gasteiger partial charge is 0.423 e. The molecule has 8 N–H and O–H groups in total. The maximum absolute atomic E-state index is 13.5. The third kappa shape index (κ3) is 9.89. The predicted molar refractivity (Wildman–Crippen MR) is 171 cm³/mol. The highest BCUT2D eigenvalue weighted by Gasteiger charge is 2.16. The summed E-state index contributed by atoms with van der Waals surface area (Å²) in [6.07, 6.45) is 10.3.